The fourth-order valence-electron chi connectivity index (χ4n) is 2.38. The monoisotopic (exact) mass is 554 g/mol. The summed E-state index contributed by atoms with van der Waals surface area (Å²) in [6.45, 7) is -3.72. The topological polar surface area (TPSA) is 86.7 Å². The second-order valence-corrected chi connectivity index (χ2v) is 7.04. The van der Waals surface area contributed by atoms with E-state index in [-0.39, 0.29) is 5.69 Å². The van der Waals surface area contributed by atoms with Gasteiger partial charge in [-0.2, -0.15) is 53.9 Å². The summed E-state index contributed by atoms with van der Waals surface area (Å²) in [6, 6.07) is 2.02. The highest BCUT2D eigenvalue weighted by molar-refractivity contribution is 5.92. The summed E-state index contributed by atoms with van der Waals surface area (Å²) in [4.78, 5) is 23.7. The maximum absolute atomic E-state index is 13.0. The molecule has 1 aromatic heterocycles. The van der Waals surface area contributed by atoms with E-state index in [1.807, 2.05) is 0 Å². The van der Waals surface area contributed by atoms with Gasteiger partial charge in [-0.1, -0.05) is 0 Å². The number of rotatable bonds is 11. The SMILES string of the molecule is CN(C(=O)CCc1nc(OCC(F)(F)F)nc(OCC(F)(F)F)n1)c1ccc(OC(F)(F)C(F)F)cc1. The van der Waals surface area contributed by atoms with Crippen LogP contribution in [-0.2, 0) is 11.2 Å². The van der Waals surface area contributed by atoms with Gasteiger partial charge in [-0.3, -0.25) is 4.79 Å². The van der Waals surface area contributed by atoms with Crippen LogP contribution in [0.1, 0.15) is 12.2 Å². The molecule has 1 heterocycles. The van der Waals surface area contributed by atoms with E-state index < -0.39 is 80.4 Å². The molecule has 37 heavy (non-hydrogen) atoms. The van der Waals surface area contributed by atoms with Gasteiger partial charge in [0.2, 0.25) is 5.91 Å². The van der Waals surface area contributed by atoms with Crippen LogP contribution >= 0.6 is 0 Å². The zero-order valence-corrected chi connectivity index (χ0v) is 18.4. The Balaban J connectivity index is 2.08. The van der Waals surface area contributed by atoms with Gasteiger partial charge in [0.1, 0.15) is 11.6 Å². The number of alkyl halides is 10. The zero-order valence-electron chi connectivity index (χ0n) is 18.4. The molecule has 0 aliphatic rings. The number of ether oxygens (including phenoxy) is 3. The van der Waals surface area contributed by atoms with Gasteiger partial charge >= 0.3 is 36.9 Å². The molecule has 0 atom stereocenters. The smallest absolute Gasteiger partial charge is 0.454 e. The molecule has 1 aromatic carbocycles. The zero-order chi connectivity index (χ0) is 28.0. The van der Waals surface area contributed by atoms with Crippen LogP contribution in [0.4, 0.5) is 49.6 Å². The molecule has 206 valence electrons. The highest BCUT2D eigenvalue weighted by atomic mass is 19.4. The first-order valence-corrected chi connectivity index (χ1v) is 9.81. The van der Waals surface area contributed by atoms with Crippen LogP contribution < -0.4 is 19.1 Å². The number of benzene rings is 1. The van der Waals surface area contributed by atoms with Crippen LogP contribution in [0.2, 0.25) is 0 Å². The Bertz CT molecular complexity index is 1010. The minimum atomic E-state index is -4.81. The van der Waals surface area contributed by atoms with Crippen molar-refractivity contribution < 1.29 is 62.9 Å². The minimum Gasteiger partial charge on any atom is -0.454 e. The van der Waals surface area contributed by atoms with E-state index in [1.165, 1.54) is 7.05 Å². The van der Waals surface area contributed by atoms with Crippen molar-refractivity contribution in [1.29, 1.82) is 0 Å². The number of hydrogen-bond acceptors (Lipinski definition) is 7. The summed E-state index contributed by atoms with van der Waals surface area (Å²) in [5, 5.41) is 0. The van der Waals surface area contributed by atoms with Crippen molar-refractivity contribution in [3.8, 4) is 17.8 Å². The Morgan fingerprint density at radius 1 is 0.865 bits per heavy atom. The predicted octanol–water partition coefficient (Wildman–Crippen LogP) is 4.59. The molecule has 18 heteroatoms. The van der Waals surface area contributed by atoms with Gasteiger partial charge in [0, 0.05) is 25.6 Å². The van der Waals surface area contributed by atoms with Gasteiger partial charge in [-0.25, -0.2) is 0 Å². The lowest BCUT2D eigenvalue weighted by Gasteiger charge is -2.19. The molecule has 0 unspecified atom stereocenters. The fourth-order valence-corrected chi connectivity index (χ4v) is 2.38. The Morgan fingerprint density at radius 2 is 1.35 bits per heavy atom. The largest absolute Gasteiger partial charge is 0.461 e. The van der Waals surface area contributed by atoms with Crippen molar-refractivity contribution in [2.24, 2.45) is 0 Å². The molecular weight excluding hydrogens is 538 g/mol. The predicted molar refractivity (Wildman–Crippen MR) is 103 cm³/mol. The number of anilines is 1. The molecule has 2 aromatic rings. The van der Waals surface area contributed by atoms with E-state index in [0.717, 1.165) is 29.2 Å². The number of hydrogen-bond donors (Lipinski definition) is 0. The molecule has 0 N–H and O–H groups in total. The average Bonchev–Trinajstić information content (AvgIpc) is 2.78. The number of carbonyl (C=O) groups is 1. The second kappa shape index (κ2) is 11.6. The minimum absolute atomic E-state index is 0.108. The molecule has 8 nitrogen and oxygen atoms in total. The lowest BCUT2D eigenvalue weighted by molar-refractivity contribution is -0.253. The van der Waals surface area contributed by atoms with Crippen molar-refractivity contribution in [3.05, 3.63) is 30.1 Å². The van der Waals surface area contributed by atoms with Crippen molar-refractivity contribution in [2.45, 2.75) is 37.7 Å². The first-order chi connectivity index (χ1) is 16.9. The highest BCUT2D eigenvalue weighted by Crippen LogP contribution is 2.29. The lowest BCUT2D eigenvalue weighted by Crippen LogP contribution is -2.33. The molecule has 0 aliphatic heterocycles. The summed E-state index contributed by atoms with van der Waals surface area (Å²) < 4.78 is 137. The van der Waals surface area contributed by atoms with Gasteiger partial charge in [-0.05, 0) is 24.3 Å². The van der Waals surface area contributed by atoms with Crippen LogP contribution in [0, 0.1) is 0 Å². The molecule has 0 spiro atoms. The molecule has 0 radical (unpaired) electrons. The van der Waals surface area contributed by atoms with Crippen LogP contribution in [-0.4, -0.2) is 66.0 Å². The summed E-state index contributed by atoms with van der Waals surface area (Å²) in [7, 11) is 1.25. The fraction of sp³-hybridized carbons (Fsp3) is 0.474. The van der Waals surface area contributed by atoms with E-state index in [4.69, 9.17) is 0 Å². The third kappa shape index (κ3) is 10.1. The molecule has 0 saturated heterocycles. The van der Waals surface area contributed by atoms with Crippen LogP contribution in [0.25, 0.3) is 0 Å². The Kier molecular flexibility index (Phi) is 9.32. The third-order valence-corrected chi connectivity index (χ3v) is 4.04. The Hall–Kier alpha value is -3.60. The van der Waals surface area contributed by atoms with E-state index >= 15 is 0 Å². The Labute approximate surface area is 201 Å². The van der Waals surface area contributed by atoms with Gasteiger partial charge in [0.25, 0.3) is 0 Å². The van der Waals surface area contributed by atoms with Crippen molar-refractivity contribution in [3.63, 3.8) is 0 Å². The summed E-state index contributed by atoms with van der Waals surface area (Å²) in [5.74, 6) is -1.72. The number of halogens is 10. The van der Waals surface area contributed by atoms with Gasteiger partial charge in [0.05, 0.1) is 0 Å². The van der Waals surface area contributed by atoms with Crippen LogP contribution in [0.3, 0.4) is 0 Å². The number of aryl methyl sites for hydroxylation is 1. The van der Waals surface area contributed by atoms with Crippen molar-refractivity contribution in [2.75, 3.05) is 25.2 Å². The summed E-state index contributed by atoms with van der Waals surface area (Å²) in [6.07, 6.45) is -19.3. The van der Waals surface area contributed by atoms with Crippen LogP contribution in [0.5, 0.6) is 17.8 Å². The molecule has 1 amide bonds. The van der Waals surface area contributed by atoms with Crippen molar-refractivity contribution in [1.82, 2.24) is 15.0 Å². The third-order valence-electron chi connectivity index (χ3n) is 4.04. The van der Waals surface area contributed by atoms with Crippen molar-refractivity contribution >= 4 is 11.6 Å². The van der Waals surface area contributed by atoms with E-state index in [2.05, 4.69) is 29.2 Å². The summed E-state index contributed by atoms with van der Waals surface area (Å²) >= 11 is 0. The lowest BCUT2D eigenvalue weighted by atomic mass is 10.2. The maximum atomic E-state index is 13.0. The number of amides is 1. The quantitative estimate of drug-likeness (QED) is 0.376. The summed E-state index contributed by atoms with van der Waals surface area (Å²) in [5.41, 5.74) is 0.108. The Morgan fingerprint density at radius 3 is 1.78 bits per heavy atom. The molecule has 0 aliphatic carbocycles. The molecule has 2 rings (SSSR count). The first-order valence-electron chi connectivity index (χ1n) is 9.81. The second-order valence-electron chi connectivity index (χ2n) is 7.04. The van der Waals surface area contributed by atoms with Gasteiger partial charge in [-0.15, -0.1) is 4.98 Å². The van der Waals surface area contributed by atoms with E-state index in [1.54, 1.807) is 0 Å². The number of nitrogens with zero attached hydrogens (tertiary/aromatic N) is 4. The molecule has 0 fully saturated rings. The normalized spacial score (nSPS) is 12.4. The number of aromatic nitrogens is 3. The molecule has 0 saturated carbocycles. The highest BCUT2D eigenvalue weighted by Gasteiger charge is 2.44. The standard InChI is InChI=1S/C19H16F10N4O4/c1-33(10-2-4-11(5-3-10)37-19(28,29)14(20)21)13(34)7-6-12-30-15(35-8-17(22,23)24)32-16(31-12)36-9-18(25,26)27/h2-5,14H,6-9H2,1H3. The van der Waals surface area contributed by atoms with Gasteiger partial charge < -0.3 is 19.1 Å². The molecule has 0 bridgehead atoms. The molecular formula is C19H16F10N4O4. The van der Waals surface area contributed by atoms with Gasteiger partial charge in [0.15, 0.2) is 13.2 Å². The first kappa shape index (κ1) is 29.6. The number of carbonyl (C=O) groups excluding carboxylic acids is 1. The van der Waals surface area contributed by atoms with E-state index in [0.29, 0.717) is 0 Å². The van der Waals surface area contributed by atoms with E-state index in [9.17, 15) is 48.7 Å². The van der Waals surface area contributed by atoms with Crippen LogP contribution in [0.15, 0.2) is 24.3 Å². The average molecular weight is 554 g/mol. The maximum Gasteiger partial charge on any atom is 0.461 e.